The van der Waals surface area contributed by atoms with Gasteiger partial charge in [0.05, 0.1) is 18.1 Å². The first kappa shape index (κ1) is 13.7. The van der Waals surface area contributed by atoms with Gasteiger partial charge in [0, 0.05) is 6.42 Å². The topological polar surface area (TPSA) is 43.4 Å². The molecule has 0 aliphatic carbocycles. The van der Waals surface area contributed by atoms with Crippen molar-refractivity contribution in [2.24, 2.45) is 0 Å². The molecule has 92 valence electrons. The van der Waals surface area contributed by atoms with Crippen molar-refractivity contribution in [2.45, 2.75) is 20.3 Å². The molecule has 1 aromatic carbocycles. The summed E-state index contributed by atoms with van der Waals surface area (Å²) in [5.41, 5.74) is 2.26. The Morgan fingerprint density at radius 1 is 1.35 bits per heavy atom. The highest BCUT2D eigenvalue weighted by atomic mass is 35.5. The van der Waals surface area contributed by atoms with Crippen LogP contribution in [0.4, 0.5) is 0 Å². The van der Waals surface area contributed by atoms with Crippen molar-refractivity contribution < 1.29 is 14.3 Å². The summed E-state index contributed by atoms with van der Waals surface area (Å²) in [5.74, 6) is -0.439. The maximum Gasteiger partial charge on any atom is 0.338 e. The fourth-order valence-electron chi connectivity index (χ4n) is 1.46. The molecule has 0 saturated heterocycles. The molecule has 0 radical (unpaired) electrons. The largest absolute Gasteiger partial charge is 0.462 e. The van der Waals surface area contributed by atoms with Crippen LogP contribution in [0, 0.1) is 6.92 Å². The van der Waals surface area contributed by atoms with Crippen molar-refractivity contribution in [3.63, 3.8) is 0 Å². The Kier molecular flexibility index (Phi) is 5.16. The van der Waals surface area contributed by atoms with E-state index < -0.39 is 0 Å². The van der Waals surface area contributed by atoms with Gasteiger partial charge in [-0.05, 0) is 37.1 Å². The van der Waals surface area contributed by atoms with Crippen molar-refractivity contribution in [3.05, 3.63) is 34.9 Å². The summed E-state index contributed by atoms with van der Waals surface area (Å²) in [4.78, 5) is 22.8. The van der Waals surface area contributed by atoms with E-state index in [1.165, 1.54) is 0 Å². The molecule has 0 amide bonds. The molecule has 0 aliphatic heterocycles. The van der Waals surface area contributed by atoms with E-state index in [-0.39, 0.29) is 24.1 Å². The molecule has 0 atom stereocenters. The Morgan fingerprint density at radius 2 is 2.06 bits per heavy atom. The van der Waals surface area contributed by atoms with Gasteiger partial charge in [-0.3, -0.25) is 4.79 Å². The highest BCUT2D eigenvalue weighted by molar-refractivity contribution is 6.27. The van der Waals surface area contributed by atoms with Crippen LogP contribution in [0.1, 0.15) is 28.4 Å². The number of aryl methyl sites for hydroxylation is 1. The quantitative estimate of drug-likeness (QED) is 0.599. The second-order valence-electron chi connectivity index (χ2n) is 3.71. The van der Waals surface area contributed by atoms with Gasteiger partial charge in [0.15, 0.2) is 5.78 Å². The number of ether oxygens (including phenoxy) is 1. The number of hydrogen-bond donors (Lipinski definition) is 0. The van der Waals surface area contributed by atoms with Crippen LogP contribution in [-0.2, 0) is 16.0 Å². The minimum absolute atomic E-state index is 0.0108. The Bertz CT molecular complexity index is 427. The van der Waals surface area contributed by atoms with Gasteiger partial charge in [-0.15, -0.1) is 11.6 Å². The first-order valence-electron chi connectivity index (χ1n) is 5.42. The van der Waals surface area contributed by atoms with E-state index >= 15 is 0 Å². The van der Waals surface area contributed by atoms with E-state index in [0.717, 1.165) is 11.1 Å². The standard InChI is InChI=1S/C13H15ClO3/c1-3-17-13(16)10-5-4-9(2)11(6-10)7-12(15)8-14/h4-6H,3,7-8H2,1-2H3. The second-order valence-corrected chi connectivity index (χ2v) is 3.98. The van der Waals surface area contributed by atoms with E-state index in [2.05, 4.69) is 0 Å². The van der Waals surface area contributed by atoms with Crippen molar-refractivity contribution >= 4 is 23.4 Å². The van der Waals surface area contributed by atoms with Gasteiger partial charge in [-0.1, -0.05) is 6.07 Å². The van der Waals surface area contributed by atoms with Crippen LogP contribution in [-0.4, -0.2) is 24.2 Å². The molecule has 0 bridgehead atoms. The molecule has 0 unspecified atom stereocenters. The van der Waals surface area contributed by atoms with Crippen molar-refractivity contribution in [2.75, 3.05) is 12.5 Å². The summed E-state index contributed by atoms with van der Waals surface area (Å²) in [7, 11) is 0. The predicted molar refractivity (Wildman–Crippen MR) is 66.6 cm³/mol. The van der Waals surface area contributed by atoms with Gasteiger partial charge in [0.1, 0.15) is 0 Å². The summed E-state index contributed by atoms with van der Waals surface area (Å²) in [5, 5.41) is 0. The monoisotopic (exact) mass is 254 g/mol. The van der Waals surface area contributed by atoms with Crippen LogP contribution < -0.4 is 0 Å². The highest BCUT2D eigenvalue weighted by Crippen LogP contribution is 2.13. The molecule has 4 heteroatoms. The minimum Gasteiger partial charge on any atom is -0.462 e. The molecule has 17 heavy (non-hydrogen) atoms. The molecule has 0 spiro atoms. The van der Waals surface area contributed by atoms with Crippen LogP contribution in [0.2, 0.25) is 0 Å². The molecule has 1 rings (SSSR count). The van der Waals surface area contributed by atoms with Gasteiger partial charge in [0.25, 0.3) is 0 Å². The first-order chi connectivity index (χ1) is 8.08. The number of rotatable bonds is 5. The van der Waals surface area contributed by atoms with Crippen molar-refractivity contribution in [3.8, 4) is 0 Å². The first-order valence-corrected chi connectivity index (χ1v) is 5.96. The zero-order chi connectivity index (χ0) is 12.8. The van der Waals surface area contributed by atoms with E-state index in [9.17, 15) is 9.59 Å². The Hall–Kier alpha value is -1.35. The summed E-state index contributed by atoms with van der Waals surface area (Å²) in [6.45, 7) is 3.98. The lowest BCUT2D eigenvalue weighted by Crippen LogP contribution is -2.09. The average Bonchev–Trinajstić information content (AvgIpc) is 2.32. The maximum atomic E-state index is 11.5. The molecule has 1 aromatic rings. The number of alkyl halides is 1. The van der Waals surface area contributed by atoms with Crippen LogP contribution in [0.25, 0.3) is 0 Å². The molecule has 0 saturated carbocycles. The Labute approximate surface area is 106 Å². The van der Waals surface area contributed by atoms with Gasteiger partial charge in [0.2, 0.25) is 0 Å². The lowest BCUT2D eigenvalue weighted by atomic mass is 10.0. The molecule has 3 nitrogen and oxygen atoms in total. The summed E-state index contributed by atoms with van der Waals surface area (Å²) < 4.78 is 4.90. The zero-order valence-corrected chi connectivity index (χ0v) is 10.7. The summed E-state index contributed by atoms with van der Waals surface area (Å²) in [6.07, 6.45) is 0.253. The molecule has 0 fully saturated rings. The van der Waals surface area contributed by atoms with Gasteiger partial charge in [-0.25, -0.2) is 4.79 Å². The van der Waals surface area contributed by atoms with Crippen LogP contribution >= 0.6 is 11.6 Å². The summed E-state index contributed by atoms with van der Waals surface area (Å²) >= 11 is 5.47. The van der Waals surface area contributed by atoms with Crippen molar-refractivity contribution in [1.29, 1.82) is 0 Å². The highest BCUT2D eigenvalue weighted by Gasteiger charge is 2.10. The molecule has 0 aliphatic rings. The van der Waals surface area contributed by atoms with E-state index in [4.69, 9.17) is 16.3 Å². The summed E-state index contributed by atoms with van der Waals surface area (Å²) in [6, 6.07) is 5.20. The number of carbonyl (C=O) groups is 2. The molecule has 0 aromatic heterocycles. The SMILES string of the molecule is CCOC(=O)c1ccc(C)c(CC(=O)CCl)c1. The molecule has 0 heterocycles. The molecular formula is C13H15ClO3. The number of hydrogen-bond acceptors (Lipinski definition) is 3. The van der Waals surface area contributed by atoms with Crippen LogP contribution in [0.15, 0.2) is 18.2 Å². The molecular weight excluding hydrogens is 240 g/mol. The maximum absolute atomic E-state index is 11.5. The normalized spacial score (nSPS) is 10.1. The lowest BCUT2D eigenvalue weighted by Gasteiger charge is -2.07. The van der Waals surface area contributed by atoms with Crippen molar-refractivity contribution in [1.82, 2.24) is 0 Å². The van der Waals surface area contributed by atoms with Gasteiger partial charge >= 0.3 is 5.97 Å². The van der Waals surface area contributed by atoms with Gasteiger partial charge < -0.3 is 4.74 Å². The van der Waals surface area contributed by atoms with Gasteiger partial charge in [-0.2, -0.15) is 0 Å². The minimum atomic E-state index is -0.368. The number of ketones is 1. The Balaban J connectivity index is 2.93. The van der Waals surface area contributed by atoms with E-state index in [1.807, 2.05) is 13.0 Å². The fraction of sp³-hybridized carbons (Fsp3) is 0.385. The fourth-order valence-corrected chi connectivity index (χ4v) is 1.56. The lowest BCUT2D eigenvalue weighted by molar-refractivity contribution is -0.116. The average molecular weight is 255 g/mol. The van der Waals surface area contributed by atoms with Crippen LogP contribution in [0.3, 0.4) is 0 Å². The molecule has 0 N–H and O–H groups in total. The third kappa shape index (κ3) is 3.86. The number of carbonyl (C=O) groups excluding carboxylic acids is 2. The van der Waals surface area contributed by atoms with E-state index in [0.29, 0.717) is 12.2 Å². The number of halogens is 1. The Morgan fingerprint density at radius 3 is 2.65 bits per heavy atom. The third-order valence-corrected chi connectivity index (χ3v) is 2.70. The predicted octanol–water partition coefficient (Wildman–Crippen LogP) is 2.52. The number of benzene rings is 1. The number of esters is 1. The second kappa shape index (κ2) is 6.40. The van der Waals surface area contributed by atoms with Crippen LogP contribution in [0.5, 0.6) is 0 Å². The third-order valence-electron chi connectivity index (χ3n) is 2.40. The number of Topliss-reactive ketones (excluding diaryl/α,β-unsaturated/α-hetero) is 1. The smallest absolute Gasteiger partial charge is 0.338 e. The van der Waals surface area contributed by atoms with E-state index in [1.54, 1.807) is 19.1 Å². The zero-order valence-electron chi connectivity index (χ0n) is 9.96.